The predicted molar refractivity (Wildman–Crippen MR) is 117 cm³/mol. The molecule has 3 aromatic heterocycles. The maximum Gasteiger partial charge on any atom is 0.321 e. The Kier molecular flexibility index (Phi) is 4.99. The van der Waals surface area contributed by atoms with E-state index >= 15 is 0 Å². The quantitative estimate of drug-likeness (QED) is 0.437. The Bertz CT molecular complexity index is 1270. The second kappa shape index (κ2) is 7.96. The van der Waals surface area contributed by atoms with Gasteiger partial charge in [-0.3, -0.25) is 0 Å². The number of halogens is 2. The van der Waals surface area contributed by atoms with E-state index in [1.54, 1.807) is 35.5 Å². The first-order valence-corrected chi connectivity index (χ1v) is 10.3. The van der Waals surface area contributed by atoms with E-state index in [1.165, 1.54) is 6.07 Å². The molecule has 5 rings (SSSR count). The highest BCUT2D eigenvalue weighted by Gasteiger charge is 2.19. The van der Waals surface area contributed by atoms with E-state index in [1.807, 2.05) is 12.1 Å². The number of imidazole rings is 1. The van der Waals surface area contributed by atoms with Crippen molar-refractivity contribution >= 4 is 34.5 Å². The number of rotatable bonds is 3. The summed E-state index contributed by atoms with van der Waals surface area (Å²) >= 11 is 5.85. The largest absolute Gasteiger partial charge is 0.325 e. The van der Waals surface area contributed by atoms with E-state index in [9.17, 15) is 9.18 Å². The Morgan fingerprint density at radius 2 is 1.87 bits per heavy atom. The van der Waals surface area contributed by atoms with Crippen molar-refractivity contribution in [3.63, 3.8) is 0 Å². The lowest BCUT2D eigenvalue weighted by atomic mass is 10.1. The van der Waals surface area contributed by atoms with Crippen LogP contribution >= 0.6 is 11.6 Å². The molecule has 0 spiro atoms. The highest BCUT2D eigenvalue weighted by atomic mass is 35.5. The van der Waals surface area contributed by atoms with Crippen LogP contribution in [0.2, 0.25) is 5.15 Å². The molecule has 31 heavy (non-hydrogen) atoms. The van der Waals surface area contributed by atoms with E-state index < -0.39 is 5.82 Å². The molecule has 0 saturated carbocycles. The van der Waals surface area contributed by atoms with Gasteiger partial charge in [-0.2, -0.15) is 0 Å². The molecule has 4 heterocycles. The standard InChI is InChI=1S/C22H18ClFN6O/c23-19-6-3-13(11-25-19)14-9-18-21(26-12-14)29-20(28-18)16-10-15(4-5-17(16)24)27-22(31)30-7-1-2-8-30/h3-6,9-12H,1-2,7-8H2,(H,27,31)(H,26,28,29). The zero-order valence-electron chi connectivity index (χ0n) is 16.4. The van der Waals surface area contributed by atoms with Gasteiger partial charge >= 0.3 is 6.03 Å². The third-order valence-electron chi connectivity index (χ3n) is 5.26. The van der Waals surface area contributed by atoms with Crippen LogP contribution in [0.1, 0.15) is 12.8 Å². The van der Waals surface area contributed by atoms with Crippen molar-refractivity contribution in [3.8, 4) is 22.5 Å². The summed E-state index contributed by atoms with van der Waals surface area (Å²) < 4.78 is 14.6. The SMILES string of the molecule is O=C(Nc1ccc(F)c(-c2nc3cc(-c4ccc(Cl)nc4)cnc3[nH]2)c1)N1CCCC1. The highest BCUT2D eigenvalue weighted by Crippen LogP contribution is 2.28. The molecular formula is C22H18ClFN6O. The Labute approximate surface area is 182 Å². The van der Waals surface area contributed by atoms with Gasteiger partial charge in [0.1, 0.15) is 22.3 Å². The molecule has 0 atom stereocenters. The van der Waals surface area contributed by atoms with Crippen LogP contribution in [-0.4, -0.2) is 44.0 Å². The molecule has 7 nitrogen and oxygen atoms in total. The first kappa shape index (κ1) is 19.4. The number of hydrogen-bond donors (Lipinski definition) is 2. The summed E-state index contributed by atoms with van der Waals surface area (Å²) in [7, 11) is 0. The maximum absolute atomic E-state index is 14.6. The molecule has 1 fully saturated rings. The van der Waals surface area contributed by atoms with Crippen molar-refractivity contribution in [2.45, 2.75) is 12.8 Å². The van der Waals surface area contributed by atoms with Crippen LogP contribution in [0.3, 0.4) is 0 Å². The molecule has 1 aliphatic heterocycles. The number of likely N-dealkylation sites (tertiary alicyclic amines) is 1. The van der Waals surface area contributed by atoms with Gasteiger partial charge in [-0.25, -0.2) is 24.1 Å². The monoisotopic (exact) mass is 436 g/mol. The molecule has 1 aromatic carbocycles. The minimum absolute atomic E-state index is 0.178. The van der Waals surface area contributed by atoms with E-state index in [2.05, 4.69) is 25.3 Å². The summed E-state index contributed by atoms with van der Waals surface area (Å²) in [6.45, 7) is 1.47. The number of aromatic amines is 1. The van der Waals surface area contributed by atoms with Crippen LogP contribution in [-0.2, 0) is 0 Å². The molecule has 0 radical (unpaired) electrons. The minimum atomic E-state index is -0.444. The van der Waals surface area contributed by atoms with Gasteiger partial charge in [0.15, 0.2) is 5.65 Å². The van der Waals surface area contributed by atoms with Gasteiger partial charge in [-0.15, -0.1) is 0 Å². The fourth-order valence-electron chi connectivity index (χ4n) is 3.63. The number of benzene rings is 1. The maximum atomic E-state index is 14.6. The van der Waals surface area contributed by atoms with Crippen LogP contribution in [0, 0.1) is 5.82 Å². The molecule has 1 saturated heterocycles. The van der Waals surface area contributed by atoms with Gasteiger partial charge in [-0.1, -0.05) is 11.6 Å². The average Bonchev–Trinajstić information content (AvgIpc) is 3.45. The fraction of sp³-hybridized carbons (Fsp3) is 0.182. The van der Waals surface area contributed by atoms with E-state index in [0.717, 1.165) is 37.1 Å². The predicted octanol–water partition coefficient (Wildman–Crippen LogP) is 5.11. The third-order valence-corrected chi connectivity index (χ3v) is 5.49. The van der Waals surface area contributed by atoms with Gasteiger partial charge in [0.05, 0.1) is 5.56 Å². The number of nitrogens with zero attached hydrogens (tertiary/aromatic N) is 4. The number of pyridine rings is 2. The van der Waals surface area contributed by atoms with Crippen molar-refractivity contribution < 1.29 is 9.18 Å². The third kappa shape index (κ3) is 3.94. The molecular weight excluding hydrogens is 419 g/mol. The Balaban J connectivity index is 1.45. The number of anilines is 1. The lowest BCUT2D eigenvalue weighted by Crippen LogP contribution is -2.32. The summed E-state index contributed by atoms with van der Waals surface area (Å²) in [6, 6.07) is 9.66. The molecule has 156 valence electrons. The van der Waals surface area contributed by atoms with Crippen molar-refractivity contribution in [1.82, 2.24) is 24.8 Å². The van der Waals surface area contributed by atoms with Gasteiger partial charge in [0.25, 0.3) is 0 Å². The number of hydrogen-bond acceptors (Lipinski definition) is 4. The zero-order chi connectivity index (χ0) is 21.4. The summed E-state index contributed by atoms with van der Waals surface area (Å²) in [6.07, 6.45) is 5.35. The van der Waals surface area contributed by atoms with Gasteiger partial charge in [0, 0.05) is 42.3 Å². The first-order valence-electron chi connectivity index (χ1n) is 9.90. The number of carbonyl (C=O) groups excluding carboxylic acids is 1. The number of nitrogens with one attached hydrogen (secondary N) is 2. The Morgan fingerprint density at radius 1 is 1.06 bits per heavy atom. The number of amides is 2. The average molecular weight is 437 g/mol. The number of fused-ring (bicyclic) bond motifs is 1. The lowest BCUT2D eigenvalue weighted by molar-refractivity contribution is 0.222. The van der Waals surface area contributed by atoms with Crippen LogP contribution < -0.4 is 5.32 Å². The summed E-state index contributed by atoms with van der Waals surface area (Å²) in [4.78, 5) is 30.2. The molecule has 0 aliphatic carbocycles. The molecule has 2 amide bonds. The van der Waals surface area contributed by atoms with Gasteiger partial charge < -0.3 is 15.2 Å². The molecule has 2 N–H and O–H groups in total. The number of urea groups is 1. The molecule has 4 aromatic rings. The van der Waals surface area contributed by atoms with Crippen molar-refractivity contribution in [2.75, 3.05) is 18.4 Å². The van der Waals surface area contributed by atoms with Crippen LogP contribution in [0.4, 0.5) is 14.9 Å². The topological polar surface area (TPSA) is 86.8 Å². The van der Waals surface area contributed by atoms with Crippen LogP contribution in [0.25, 0.3) is 33.7 Å². The van der Waals surface area contributed by atoms with E-state index in [0.29, 0.717) is 27.8 Å². The van der Waals surface area contributed by atoms with Crippen molar-refractivity contribution in [2.24, 2.45) is 0 Å². The second-order valence-corrected chi connectivity index (χ2v) is 7.75. The molecule has 0 unspecified atom stereocenters. The van der Waals surface area contributed by atoms with E-state index in [4.69, 9.17) is 11.6 Å². The summed E-state index contributed by atoms with van der Waals surface area (Å²) in [5.41, 5.74) is 3.56. The number of carbonyl (C=O) groups is 1. The smallest absolute Gasteiger partial charge is 0.321 e. The number of H-pyrrole nitrogens is 1. The van der Waals surface area contributed by atoms with Crippen LogP contribution in [0.15, 0.2) is 48.8 Å². The first-order chi connectivity index (χ1) is 15.1. The fourth-order valence-corrected chi connectivity index (χ4v) is 3.75. The van der Waals surface area contributed by atoms with Crippen LogP contribution in [0.5, 0.6) is 0 Å². The lowest BCUT2D eigenvalue weighted by Gasteiger charge is -2.16. The summed E-state index contributed by atoms with van der Waals surface area (Å²) in [5, 5.41) is 3.24. The van der Waals surface area contributed by atoms with Gasteiger partial charge in [0.2, 0.25) is 0 Å². The minimum Gasteiger partial charge on any atom is -0.325 e. The van der Waals surface area contributed by atoms with Crippen molar-refractivity contribution in [1.29, 1.82) is 0 Å². The van der Waals surface area contributed by atoms with Gasteiger partial charge in [-0.05, 0) is 49.2 Å². The highest BCUT2D eigenvalue weighted by molar-refractivity contribution is 6.29. The molecule has 0 bridgehead atoms. The van der Waals surface area contributed by atoms with Crippen molar-refractivity contribution in [3.05, 3.63) is 59.8 Å². The Hall–Kier alpha value is -3.52. The van der Waals surface area contributed by atoms with E-state index in [-0.39, 0.29) is 11.6 Å². The normalized spacial score (nSPS) is 13.7. The summed E-state index contributed by atoms with van der Waals surface area (Å²) in [5.74, 6) is -0.107. The zero-order valence-corrected chi connectivity index (χ0v) is 17.2. The Morgan fingerprint density at radius 3 is 2.65 bits per heavy atom. The number of aromatic nitrogens is 4. The molecule has 1 aliphatic rings. The second-order valence-electron chi connectivity index (χ2n) is 7.37. The molecule has 9 heteroatoms.